The van der Waals surface area contributed by atoms with E-state index < -0.39 is 0 Å². The van der Waals surface area contributed by atoms with Gasteiger partial charge in [-0.1, -0.05) is 0 Å². The van der Waals surface area contributed by atoms with E-state index in [9.17, 15) is 0 Å². The number of anilines is 1. The van der Waals surface area contributed by atoms with Crippen molar-refractivity contribution in [3.8, 4) is 0 Å². The Bertz CT molecular complexity index is 176. The molecule has 0 spiro atoms. The van der Waals surface area contributed by atoms with Crippen molar-refractivity contribution in [2.24, 2.45) is 0 Å². The zero-order valence-corrected chi connectivity index (χ0v) is 13.8. The van der Waals surface area contributed by atoms with Gasteiger partial charge in [0.05, 0.1) is 0 Å². The summed E-state index contributed by atoms with van der Waals surface area (Å²) in [5.41, 5.74) is 0. The van der Waals surface area contributed by atoms with E-state index in [2.05, 4.69) is 11.6 Å². The van der Waals surface area contributed by atoms with Crippen LogP contribution >= 0.6 is 0 Å². The molecule has 0 N–H and O–H groups in total. The normalized spacial score (nSPS) is 8.67. The summed E-state index contributed by atoms with van der Waals surface area (Å²) in [6.45, 7) is 0. The Morgan fingerprint density at radius 3 is 2.44 bits per heavy atom. The third-order valence-electron chi connectivity index (χ3n) is 0.914. The summed E-state index contributed by atoms with van der Waals surface area (Å²) in [7, 11) is 0. The van der Waals surface area contributed by atoms with Crippen LogP contribution in [0.2, 0.25) is 0 Å². The van der Waals surface area contributed by atoms with Gasteiger partial charge in [-0.15, -0.1) is 0 Å². The van der Waals surface area contributed by atoms with Crippen molar-refractivity contribution < 1.29 is 0 Å². The molecular weight excluding hydrogens is 497 g/mol. The Morgan fingerprint density at radius 1 is 1.33 bits per heavy atom. The topological polar surface area (TPSA) is 16.1 Å². The molecule has 0 fully saturated rings. The number of hydrogen-bond acceptors (Lipinski definition) is 2. The van der Waals surface area contributed by atoms with Crippen LogP contribution in [0.25, 0.3) is 0 Å². The Kier molecular flexibility index (Phi) is 3.37. The van der Waals surface area contributed by atoms with E-state index in [0.29, 0.717) is 0 Å². The SMILES string of the molecule is [Tl][N]([Tl])c1ccccn1. The maximum atomic E-state index is 4.19. The quantitative estimate of drug-likeness (QED) is 0.507. The fourth-order valence-corrected chi connectivity index (χ4v) is 1.69. The molecule has 9 heavy (non-hydrogen) atoms. The minimum atomic E-state index is 0.912. The first-order valence-corrected chi connectivity index (χ1v) is 6.53. The van der Waals surface area contributed by atoms with Gasteiger partial charge in [0.25, 0.3) is 0 Å². The predicted octanol–water partition coefficient (Wildman–Crippen LogP) is 0.0550. The van der Waals surface area contributed by atoms with Gasteiger partial charge in [0.2, 0.25) is 0 Å². The molecule has 0 aliphatic carbocycles. The van der Waals surface area contributed by atoms with Crippen molar-refractivity contribution >= 4 is 57.9 Å². The summed E-state index contributed by atoms with van der Waals surface area (Å²) in [6, 6.07) is 6.03. The van der Waals surface area contributed by atoms with E-state index in [1.54, 1.807) is 0 Å². The number of hydrogen-bond donors (Lipinski definition) is 0. The first-order chi connectivity index (χ1) is 4.30. The molecule has 0 saturated carbocycles. The zero-order chi connectivity index (χ0) is 6.69. The van der Waals surface area contributed by atoms with Crippen LogP contribution in [0.4, 0.5) is 5.82 Å². The van der Waals surface area contributed by atoms with Gasteiger partial charge >= 0.3 is 87.8 Å². The van der Waals surface area contributed by atoms with E-state index >= 15 is 0 Å². The van der Waals surface area contributed by atoms with Gasteiger partial charge in [-0.05, 0) is 0 Å². The van der Waals surface area contributed by atoms with Crippen molar-refractivity contribution in [1.82, 2.24) is 4.98 Å². The molecule has 0 bridgehead atoms. The number of nitrogens with zero attached hydrogens (tertiary/aromatic N) is 2. The summed E-state index contributed by atoms with van der Waals surface area (Å²) in [5.74, 6) is 1.15. The van der Waals surface area contributed by atoms with Crippen molar-refractivity contribution in [3.05, 3.63) is 24.4 Å². The molecular formula is C5H4N2Tl2. The Labute approximate surface area is 86.9 Å². The van der Waals surface area contributed by atoms with Crippen LogP contribution in [0.5, 0.6) is 0 Å². The van der Waals surface area contributed by atoms with Crippen LogP contribution in [0, 0.1) is 0 Å². The maximum absolute atomic E-state index is 4.19. The van der Waals surface area contributed by atoms with Crippen LogP contribution < -0.4 is 0.519 Å². The number of aromatic nitrogens is 1. The van der Waals surface area contributed by atoms with Gasteiger partial charge < -0.3 is 0 Å². The minimum absolute atomic E-state index is 0.912. The molecule has 0 radical (unpaired) electrons. The van der Waals surface area contributed by atoms with Gasteiger partial charge in [-0.3, -0.25) is 0 Å². The standard InChI is InChI=1S/C5H4N2.2Tl/c6-5-3-1-2-4-7-5;;/h1-4H;;. The third-order valence-corrected chi connectivity index (χ3v) is 2.97. The summed E-state index contributed by atoms with van der Waals surface area (Å²) < 4.78 is 2.31. The summed E-state index contributed by atoms with van der Waals surface area (Å²) in [6.07, 6.45) is 1.84. The second-order valence-electron chi connectivity index (χ2n) is 1.60. The first-order valence-electron chi connectivity index (χ1n) is 2.51. The van der Waals surface area contributed by atoms with Crippen LogP contribution in [0.15, 0.2) is 24.4 Å². The second kappa shape index (κ2) is 3.84. The molecule has 2 nitrogen and oxygen atoms in total. The summed E-state index contributed by atoms with van der Waals surface area (Å²) in [4.78, 5) is 4.19. The summed E-state index contributed by atoms with van der Waals surface area (Å²) >= 11 is 1.82. The molecule has 0 aliphatic heterocycles. The van der Waals surface area contributed by atoms with Crippen LogP contribution in [-0.2, 0) is 0 Å². The van der Waals surface area contributed by atoms with Gasteiger partial charge in [0.1, 0.15) is 0 Å². The Balaban J connectivity index is 2.85. The van der Waals surface area contributed by atoms with Crippen molar-refractivity contribution in [3.63, 3.8) is 0 Å². The Hall–Kier alpha value is 0.794. The fraction of sp³-hybridized carbons (Fsp3) is 0. The van der Waals surface area contributed by atoms with Crippen molar-refractivity contribution in [1.29, 1.82) is 0 Å². The molecule has 0 saturated heterocycles. The van der Waals surface area contributed by atoms with E-state index in [4.69, 9.17) is 0 Å². The van der Waals surface area contributed by atoms with Gasteiger partial charge in [0.15, 0.2) is 0 Å². The van der Waals surface area contributed by atoms with Crippen LogP contribution in [0.3, 0.4) is 0 Å². The monoisotopic (exact) mass is 502 g/mol. The average molecular weight is 501 g/mol. The van der Waals surface area contributed by atoms with Gasteiger partial charge in [-0.25, -0.2) is 0 Å². The molecule has 1 aromatic rings. The first kappa shape index (κ1) is 7.90. The number of rotatable bonds is 1. The number of pyridine rings is 1. The van der Waals surface area contributed by atoms with E-state index in [-0.39, 0.29) is 0 Å². The summed E-state index contributed by atoms with van der Waals surface area (Å²) in [5, 5.41) is 0. The second-order valence-corrected chi connectivity index (χ2v) is 14.9. The van der Waals surface area contributed by atoms with Crippen molar-refractivity contribution in [2.45, 2.75) is 0 Å². The Morgan fingerprint density at radius 2 is 2.11 bits per heavy atom. The van der Waals surface area contributed by atoms with Gasteiger partial charge in [-0.2, -0.15) is 0 Å². The molecule has 0 unspecified atom stereocenters. The van der Waals surface area contributed by atoms with E-state index in [1.165, 1.54) is 0 Å². The van der Waals surface area contributed by atoms with E-state index in [1.807, 2.05) is 18.3 Å². The van der Waals surface area contributed by atoms with E-state index in [0.717, 1.165) is 57.9 Å². The molecule has 0 aliphatic rings. The molecule has 40 valence electrons. The molecule has 0 amide bonds. The molecule has 1 heterocycles. The van der Waals surface area contributed by atoms with Crippen LogP contribution in [0.1, 0.15) is 0 Å². The molecule has 4 heteroatoms. The van der Waals surface area contributed by atoms with Crippen LogP contribution in [-0.4, -0.2) is 57.1 Å². The zero-order valence-electron chi connectivity index (χ0n) is 4.86. The predicted molar refractivity (Wildman–Crippen MR) is 38.2 cm³/mol. The molecule has 0 atom stereocenters. The average Bonchev–Trinajstić information content (AvgIpc) is 1.90. The molecule has 1 rings (SSSR count). The molecule has 0 aromatic carbocycles. The van der Waals surface area contributed by atoms with Gasteiger partial charge in [0, 0.05) is 0 Å². The third kappa shape index (κ3) is 2.48. The fourth-order valence-electron chi connectivity index (χ4n) is 0.506. The molecule has 1 aromatic heterocycles. The van der Waals surface area contributed by atoms with Crippen molar-refractivity contribution in [2.75, 3.05) is 0.519 Å².